The molecule has 1 rings (SSSR count). The monoisotopic (exact) mass is 323 g/mol. The molecule has 18 heavy (non-hydrogen) atoms. The predicted octanol–water partition coefficient (Wildman–Crippen LogP) is 3.07. The Morgan fingerprint density at radius 3 is 2.50 bits per heavy atom. The van der Waals surface area contributed by atoms with Crippen LogP contribution < -0.4 is 5.48 Å². The highest BCUT2D eigenvalue weighted by Crippen LogP contribution is 2.13. The normalized spacial score (nSPS) is 11.8. The standard InChI is InChI=1S/C11H9BrF3NO2/c12-9-4-1-8(2-5-9)3-6-10(17)16-18-7-11(13,14)15/h1-6H,7H2,(H,16,17)/b6-3+. The first-order chi connectivity index (χ1) is 8.37. The Morgan fingerprint density at radius 1 is 1.33 bits per heavy atom. The molecule has 1 aromatic rings. The average molecular weight is 324 g/mol. The highest BCUT2D eigenvalue weighted by atomic mass is 79.9. The van der Waals surface area contributed by atoms with E-state index < -0.39 is 18.7 Å². The first-order valence-corrected chi connectivity index (χ1v) is 5.58. The van der Waals surface area contributed by atoms with Crippen molar-refractivity contribution in [2.45, 2.75) is 6.18 Å². The molecule has 0 atom stereocenters. The number of hydrogen-bond acceptors (Lipinski definition) is 2. The minimum atomic E-state index is -4.47. The maximum absolute atomic E-state index is 11.7. The van der Waals surface area contributed by atoms with Crippen LogP contribution in [-0.2, 0) is 9.63 Å². The third-order valence-corrected chi connectivity index (χ3v) is 2.23. The van der Waals surface area contributed by atoms with Crippen LogP contribution >= 0.6 is 15.9 Å². The van der Waals surface area contributed by atoms with E-state index in [4.69, 9.17) is 0 Å². The van der Waals surface area contributed by atoms with Crippen molar-refractivity contribution in [2.75, 3.05) is 6.61 Å². The summed E-state index contributed by atoms with van der Waals surface area (Å²) in [7, 11) is 0. The highest BCUT2D eigenvalue weighted by Gasteiger charge is 2.28. The van der Waals surface area contributed by atoms with Crippen LogP contribution in [0.2, 0.25) is 0 Å². The van der Waals surface area contributed by atoms with Gasteiger partial charge in [-0.25, -0.2) is 5.48 Å². The van der Waals surface area contributed by atoms with Gasteiger partial charge in [-0.1, -0.05) is 28.1 Å². The number of alkyl halides is 3. The Hall–Kier alpha value is -1.34. The zero-order valence-corrected chi connectivity index (χ0v) is 10.6. The molecule has 3 nitrogen and oxygen atoms in total. The fraction of sp³-hybridized carbons (Fsp3) is 0.182. The molecule has 0 aliphatic heterocycles. The van der Waals surface area contributed by atoms with Crippen molar-refractivity contribution in [1.82, 2.24) is 5.48 Å². The number of nitrogens with one attached hydrogen (secondary N) is 1. The molecule has 1 N–H and O–H groups in total. The van der Waals surface area contributed by atoms with Crippen LogP contribution in [0.4, 0.5) is 13.2 Å². The van der Waals surface area contributed by atoms with Gasteiger partial charge in [0.1, 0.15) is 0 Å². The fourth-order valence-corrected chi connectivity index (χ4v) is 1.23. The first kappa shape index (κ1) is 14.7. The van der Waals surface area contributed by atoms with Crippen LogP contribution in [0.1, 0.15) is 5.56 Å². The Bertz CT molecular complexity index is 429. The second-order valence-electron chi connectivity index (χ2n) is 3.26. The zero-order valence-electron chi connectivity index (χ0n) is 9.00. The Labute approximate surface area is 110 Å². The molecule has 0 fully saturated rings. The summed E-state index contributed by atoms with van der Waals surface area (Å²) >= 11 is 3.25. The number of carbonyl (C=O) groups is 1. The van der Waals surface area contributed by atoms with Gasteiger partial charge in [0.15, 0.2) is 6.61 Å². The molecule has 0 unspecified atom stereocenters. The molecule has 0 bridgehead atoms. The molecule has 0 saturated carbocycles. The van der Waals surface area contributed by atoms with E-state index in [9.17, 15) is 18.0 Å². The second-order valence-corrected chi connectivity index (χ2v) is 4.17. The number of hydrogen-bond donors (Lipinski definition) is 1. The number of amides is 1. The van der Waals surface area contributed by atoms with E-state index in [0.717, 1.165) is 16.1 Å². The molecule has 0 radical (unpaired) electrons. The number of carbonyl (C=O) groups excluding carboxylic acids is 1. The smallest absolute Gasteiger partial charge is 0.268 e. The molecule has 0 saturated heterocycles. The lowest BCUT2D eigenvalue weighted by Gasteiger charge is -2.06. The molecule has 7 heteroatoms. The number of benzene rings is 1. The lowest BCUT2D eigenvalue weighted by atomic mass is 10.2. The van der Waals surface area contributed by atoms with Crippen LogP contribution in [0, 0.1) is 0 Å². The minimum absolute atomic E-state index is 0.740. The summed E-state index contributed by atoms with van der Waals surface area (Å²) in [6, 6.07) is 7.03. The summed E-state index contributed by atoms with van der Waals surface area (Å²) < 4.78 is 36.0. The summed E-state index contributed by atoms with van der Waals surface area (Å²) in [5.74, 6) is -0.762. The van der Waals surface area contributed by atoms with E-state index in [0.29, 0.717) is 0 Å². The van der Waals surface area contributed by atoms with Crippen molar-refractivity contribution in [3.8, 4) is 0 Å². The van der Waals surface area contributed by atoms with Gasteiger partial charge in [-0.05, 0) is 23.8 Å². The van der Waals surface area contributed by atoms with Crippen molar-refractivity contribution in [1.29, 1.82) is 0 Å². The third kappa shape index (κ3) is 6.41. The third-order valence-electron chi connectivity index (χ3n) is 1.71. The summed E-state index contributed by atoms with van der Waals surface area (Å²) in [5, 5.41) is 0. The molecule has 1 aromatic carbocycles. The van der Waals surface area contributed by atoms with Crippen LogP contribution in [0.5, 0.6) is 0 Å². The quantitative estimate of drug-likeness (QED) is 0.683. The second kappa shape index (κ2) is 6.55. The maximum atomic E-state index is 11.7. The Morgan fingerprint density at radius 2 is 1.94 bits per heavy atom. The van der Waals surface area contributed by atoms with Gasteiger partial charge < -0.3 is 0 Å². The molecule has 98 valence electrons. The highest BCUT2D eigenvalue weighted by molar-refractivity contribution is 9.10. The fourth-order valence-electron chi connectivity index (χ4n) is 0.969. The van der Waals surface area contributed by atoms with E-state index in [-0.39, 0.29) is 0 Å². The van der Waals surface area contributed by atoms with Crippen LogP contribution in [0.15, 0.2) is 34.8 Å². The van der Waals surface area contributed by atoms with Gasteiger partial charge in [-0.2, -0.15) is 13.2 Å². The SMILES string of the molecule is O=C(/C=C/c1ccc(Br)cc1)NOCC(F)(F)F. The van der Waals surface area contributed by atoms with Gasteiger partial charge in [0.25, 0.3) is 5.91 Å². The molecule has 0 aliphatic carbocycles. The van der Waals surface area contributed by atoms with Gasteiger partial charge >= 0.3 is 6.18 Å². The molecule has 0 spiro atoms. The Balaban J connectivity index is 2.38. The summed E-state index contributed by atoms with van der Waals surface area (Å²) in [5.41, 5.74) is 2.41. The van der Waals surface area contributed by atoms with Crippen LogP contribution in [0.3, 0.4) is 0 Å². The average Bonchev–Trinajstić information content (AvgIpc) is 2.26. The van der Waals surface area contributed by atoms with Crippen molar-refractivity contribution in [2.24, 2.45) is 0 Å². The lowest BCUT2D eigenvalue weighted by molar-refractivity contribution is -0.190. The molecule has 0 aromatic heterocycles. The molecule has 0 aliphatic rings. The Kier molecular flexibility index (Phi) is 5.36. The van der Waals surface area contributed by atoms with Crippen molar-refractivity contribution in [3.63, 3.8) is 0 Å². The van der Waals surface area contributed by atoms with E-state index in [1.165, 1.54) is 6.08 Å². The van der Waals surface area contributed by atoms with Crippen molar-refractivity contribution in [3.05, 3.63) is 40.4 Å². The minimum Gasteiger partial charge on any atom is -0.268 e. The first-order valence-electron chi connectivity index (χ1n) is 4.79. The van der Waals surface area contributed by atoms with Crippen LogP contribution in [-0.4, -0.2) is 18.7 Å². The molecule has 1 amide bonds. The van der Waals surface area contributed by atoms with Gasteiger partial charge in [-0.15, -0.1) is 0 Å². The summed E-state index contributed by atoms with van der Waals surface area (Å²) in [6.07, 6.45) is -1.93. The molecular formula is C11H9BrF3NO2. The van der Waals surface area contributed by atoms with E-state index in [1.807, 2.05) is 0 Å². The van der Waals surface area contributed by atoms with Gasteiger partial charge in [-0.3, -0.25) is 9.63 Å². The summed E-state index contributed by atoms with van der Waals surface area (Å²) in [4.78, 5) is 15.1. The zero-order chi connectivity index (χ0) is 13.6. The lowest BCUT2D eigenvalue weighted by Crippen LogP contribution is -2.28. The van der Waals surface area contributed by atoms with E-state index in [2.05, 4.69) is 20.8 Å². The number of rotatable bonds is 4. The van der Waals surface area contributed by atoms with Crippen LogP contribution in [0.25, 0.3) is 6.08 Å². The number of hydroxylamine groups is 1. The topological polar surface area (TPSA) is 38.3 Å². The van der Waals surface area contributed by atoms with E-state index >= 15 is 0 Å². The predicted molar refractivity (Wildman–Crippen MR) is 63.3 cm³/mol. The largest absolute Gasteiger partial charge is 0.414 e. The van der Waals surface area contributed by atoms with E-state index in [1.54, 1.807) is 29.7 Å². The van der Waals surface area contributed by atoms with Gasteiger partial charge in [0.05, 0.1) is 0 Å². The van der Waals surface area contributed by atoms with Crippen molar-refractivity contribution >= 4 is 27.9 Å². The van der Waals surface area contributed by atoms with Gasteiger partial charge in [0.2, 0.25) is 0 Å². The van der Waals surface area contributed by atoms with Crippen molar-refractivity contribution < 1.29 is 22.8 Å². The molecule has 0 heterocycles. The number of halogens is 4. The van der Waals surface area contributed by atoms with Gasteiger partial charge in [0, 0.05) is 10.5 Å². The molecular weight excluding hydrogens is 315 g/mol. The summed E-state index contributed by atoms with van der Waals surface area (Å²) in [6.45, 7) is -1.52. The maximum Gasteiger partial charge on any atom is 0.414 e.